The van der Waals surface area contributed by atoms with Gasteiger partial charge in [-0.25, -0.2) is 4.79 Å². The first-order valence-electron chi connectivity index (χ1n) is 10.1. The quantitative estimate of drug-likeness (QED) is 0.539. The molecule has 1 fully saturated rings. The van der Waals surface area contributed by atoms with E-state index in [0.29, 0.717) is 12.3 Å². The lowest BCUT2D eigenvalue weighted by atomic mass is 9.53. The Labute approximate surface area is 178 Å². The van der Waals surface area contributed by atoms with Crippen molar-refractivity contribution in [3.05, 3.63) is 42.0 Å². The van der Waals surface area contributed by atoms with Crippen LogP contribution >= 0.6 is 0 Å². The number of alkyl carbamates (subject to hydrolysis) is 1. The third-order valence-corrected chi connectivity index (χ3v) is 6.90. The summed E-state index contributed by atoms with van der Waals surface area (Å²) in [4.78, 5) is 24.7. The summed E-state index contributed by atoms with van der Waals surface area (Å²) in [5, 5.41) is 2.76. The fourth-order valence-corrected chi connectivity index (χ4v) is 5.39. The van der Waals surface area contributed by atoms with Crippen LogP contribution in [0.5, 0.6) is 0 Å². The molecule has 0 unspecified atom stereocenters. The summed E-state index contributed by atoms with van der Waals surface area (Å²) in [6.45, 7) is 7.58. The molecule has 1 amide bonds. The summed E-state index contributed by atoms with van der Waals surface area (Å²) in [6.07, 6.45) is 3.14. The highest BCUT2D eigenvalue weighted by atomic mass is 32.2. The lowest BCUT2D eigenvalue weighted by molar-refractivity contribution is -0.141. The van der Waals surface area contributed by atoms with Crippen molar-refractivity contribution in [2.45, 2.75) is 57.5 Å². The zero-order valence-electron chi connectivity index (χ0n) is 17.8. The minimum atomic E-state index is -4.18. The van der Waals surface area contributed by atoms with E-state index in [1.165, 1.54) is 17.7 Å². The molecule has 0 radical (unpaired) electrons. The maximum atomic E-state index is 12.6. The summed E-state index contributed by atoms with van der Waals surface area (Å²) in [6, 6.07) is 7.57. The molecule has 30 heavy (non-hydrogen) atoms. The highest BCUT2D eigenvalue weighted by Crippen LogP contribution is 2.59. The van der Waals surface area contributed by atoms with Crippen LogP contribution in [0.15, 0.2) is 46.9 Å². The molecule has 3 rings (SSSR count). The molecule has 1 N–H and O–H groups in total. The first kappa shape index (κ1) is 22.3. The van der Waals surface area contributed by atoms with Crippen LogP contribution in [-0.2, 0) is 23.8 Å². The number of ether oxygens (including phenoxy) is 1. The van der Waals surface area contributed by atoms with E-state index in [0.717, 1.165) is 6.42 Å². The first-order chi connectivity index (χ1) is 13.9. The molecule has 2 aliphatic rings. The van der Waals surface area contributed by atoms with Crippen molar-refractivity contribution < 1.29 is 26.9 Å². The lowest BCUT2D eigenvalue weighted by Crippen LogP contribution is -2.54. The Balaban J connectivity index is 1.71. The van der Waals surface area contributed by atoms with Crippen LogP contribution in [0.3, 0.4) is 0 Å². The number of hydrogen-bond donors (Lipinski definition) is 1. The molecule has 0 bridgehead atoms. The summed E-state index contributed by atoms with van der Waals surface area (Å²) >= 11 is 0. The van der Waals surface area contributed by atoms with Gasteiger partial charge in [0.1, 0.15) is 10.5 Å². The van der Waals surface area contributed by atoms with Crippen molar-refractivity contribution in [3.63, 3.8) is 0 Å². The molecule has 3 atom stereocenters. The number of nitrogens with one attached hydrogen (secondary N) is 1. The Morgan fingerprint density at radius 1 is 1.20 bits per heavy atom. The van der Waals surface area contributed by atoms with Gasteiger partial charge in [-0.3, -0.25) is 4.79 Å². The molecule has 164 valence electrons. The van der Waals surface area contributed by atoms with E-state index in [1.807, 2.05) is 6.92 Å². The average Bonchev–Trinajstić information content (AvgIpc) is 2.93. The monoisotopic (exact) mass is 435 g/mol. The second kappa shape index (κ2) is 8.06. The number of allylic oxidation sites excluding steroid dienone is 2. The number of carbonyl (C=O) groups excluding carboxylic acids is 2. The first-order valence-corrected chi connectivity index (χ1v) is 11.5. The van der Waals surface area contributed by atoms with Gasteiger partial charge in [0.15, 0.2) is 0 Å². The molecule has 1 saturated carbocycles. The Bertz CT molecular complexity index is 948. The standard InChI is InChI=1S/C22H29NO6S/c1-15-10-16-12-22(18(16)11-15,14-23-20(25)28-21(2,3)4)13-19(24)29-30(26,27)17-8-6-5-7-9-17/h5-9,11,16,18H,10,12-14H2,1-4H3,(H,23,25)/t16-,18+,22+/m0/s1. The van der Waals surface area contributed by atoms with Crippen LogP contribution in [0.2, 0.25) is 0 Å². The highest BCUT2D eigenvalue weighted by Gasteiger charge is 2.56. The molecule has 0 aliphatic heterocycles. The molecule has 0 saturated heterocycles. The van der Waals surface area contributed by atoms with Crippen LogP contribution < -0.4 is 5.32 Å². The minimum Gasteiger partial charge on any atom is -0.444 e. The molecule has 2 aliphatic carbocycles. The van der Waals surface area contributed by atoms with Gasteiger partial charge < -0.3 is 14.2 Å². The smallest absolute Gasteiger partial charge is 0.407 e. The minimum absolute atomic E-state index is 0.0672. The van der Waals surface area contributed by atoms with Gasteiger partial charge in [0, 0.05) is 12.0 Å². The SMILES string of the molecule is CC1=C[C@@H]2[C@@H](C1)C[C@]2(CNC(=O)OC(C)(C)C)CC(=O)OS(=O)(=O)c1ccccc1. The van der Waals surface area contributed by atoms with Crippen molar-refractivity contribution in [1.29, 1.82) is 0 Å². The van der Waals surface area contributed by atoms with E-state index in [9.17, 15) is 18.0 Å². The van der Waals surface area contributed by atoms with Gasteiger partial charge in [-0.15, -0.1) is 0 Å². The zero-order chi connectivity index (χ0) is 22.2. The van der Waals surface area contributed by atoms with E-state index in [1.54, 1.807) is 39.0 Å². The average molecular weight is 436 g/mol. The molecule has 0 heterocycles. The van der Waals surface area contributed by atoms with Crippen LogP contribution in [0.1, 0.15) is 47.0 Å². The van der Waals surface area contributed by atoms with Crippen LogP contribution in [-0.4, -0.2) is 32.6 Å². The third-order valence-electron chi connectivity index (χ3n) is 5.65. The summed E-state index contributed by atoms with van der Waals surface area (Å²) in [5.74, 6) is -0.315. The fraction of sp³-hybridized carbons (Fsp3) is 0.545. The Kier molecular flexibility index (Phi) is 6.00. The van der Waals surface area contributed by atoms with Gasteiger partial charge in [0.2, 0.25) is 0 Å². The highest BCUT2D eigenvalue weighted by molar-refractivity contribution is 7.87. The predicted octanol–water partition coefficient (Wildman–Crippen LogP) is 3.81. The van der Waals surface area contributed by atoms with E-state index >= 15 is 0 Å². The fourth-order valence-electron chi connectivity index (χ4n) is 4.50. The normalized spacial score (nSPS) is 25.5. The van der Waals surface area contributed by atoms with Crippen molar-refractivity contribution >= 4 is 22.2 Å². The van der Waals surface area contributed by atoms with Crippen LogP contribution in [0, 0.1) is 17.3 Å². The van der Waals surface area contributed by atoms with Crippen LogP contribution in [0.4, 0.5) is 4.79 Å². The second-order valence-corrected chi connectivity index (χ2v) is 10.9. The van der Waals surface area contributed by atoms with Gasteiger partial charge in [0.25, 0.3) is 0 Å². The van der Waals surface area contributed by atoms with Gasteiger partial charge in [-0.05, 0) is 64.5 Å². The number of benzene rings is 1. The number of carbonyl (C=O) groups is 2. The van der Waals surface area contributed by atoms with Gasteiger partial charge >= 0.3 is 22.2 Å². The molecular formula is C22H29NO6S. The van der Waals surface area contributed by atoms with Crippen molar-refractivity contribution in [1.82, 2.24) is 5.32 Å². The van der Waals surface area contributed by atoms with E-state index in [-0.39, 0.29) is 23.8 Å². The lowest BCUT2D eigenvalue weighted by Gasteiger charge is -2.52. The van der Waals surface area contributed by atoms with Gasteiger partial charge in [-0.2, -0.15) is 8.42 Å². The van der Waals surface area contributed by atoms with Crippen molar-refractivity contribution in [2.75, 3.05) is 6.54 Å². The van der Waals surface area contributed by atoms with Gasteiger partial charge in [0.05, 0.1) is 6.42 Å². The zero-order valence-corrected chi connectivity index (χ0v) is 18.6. The van der Waals surface area contributed by atoms with Crippen molar-refractivity contribution in [2.24, 2.45) is 17.3 Å². The Hall–Kier alpha value is -2.35. The van der Waals surface area contributed by atoms with Crippen LogP contribution in [0.25, 0.3) is 0 Å². The molecule has 7 nitrogen and oxygen atoms in total. The maximum absolute atomic E-state index is 12.6. The molecule has 1 aromatic carbocycles. The van der Waals surface area contributed by atoms with E-state index < -0.39 is 33.2 Å². The molecule has 0 aromatic heterocycles. The summed E-state index contributed by atoms with van der Waals surface area (Å²) in [5.41, 5.74) is 0.0311. The predicted molar refractivity (Wildman–Crippen MR) is 111 cm³/mol. The molecule has 1 aromatic rings. The maximum Gasteiger partial charge on any atom is 0.407 e. The Morgan fingerprint density at radius 3 is 2.47 bits per heavy atom. The number of amides is 1. The largest absolute Gasteiger partial charge is 0.444 e. The Morgan fingerprint density at radius 2 is 1.87 bits per heavy atom. The van der Waals surface area contributed by atoms with E-state index in [4.69, 9.17) is 8.92 Å². The van der Waals surface area contributed by atoms with Gasteiger partial charge in [-0.1, -0.05) is 29.8 Å². The number of rotatable bonds is 6. The topological polar surface area (TPSA) is 98.8 Å². The number of hydrogen-bond acceptors (Lipinski definition) is 6. The molecular weight excluding hydrogens is 406 g/mol. The van der Waals surface area contributed by atoms with E-state index in [2.05, 4.69) is 11.4 Å². The molecule has 0 spiro atoms. The second-order valence-electron chi connectivity index (χ2n) is 9.32. The number of fused-ring (bicyclic) bond motifs is 1. The molecule has 8 heteroatoms. The summed E-state index contributed by atoms with van der Waals surface area (Å²) < 4.78 is 35.0. The van der Waals surface area contributed by atoms with Crippen molar-refractivity contribution in [3.8, 4) is 0 Å². The third kappa shape index (κ3) is 5.03. The summed E-state index contributed by atoms with van der Waals surface area (Å²) in [7, 11) is -4.18.